The molecule has 0 aromatic heterocycles. The van der Waals surface area contributed by atoms with Crippen LogP contribution in [0.3, 0.4) is 0 Å². The molecule has 0 radical (unpaired) electrons. The second kappa shape index (κ2) is 6.25. The van der Waals surface area contributed by atoms with Gasteiger partial charge in [-0.1, -0.05) is 36.0 Å². The lowest BCUT2D eigenvalue weighted by molar-refractivity contribution is -0.109. The van der Waals surface area contributed by atoms with Crippen molar-refractivity contribution < 1.29 is 14.7 Å². The van der Waals surface area contributed by atoms with Gasteiger partial charge < -0.3 is 5.11 Å². The molecular formula is C13H14O3S. The molecular weight excluding hydrogens is 236 g/mol. The van der Waals surface area contributed by atoms with E-state index in [0.29, 0.717) is 11.3 Å². The highest BCUT2D eigenvalue weighted by Crippen LogP contribution is 2.13. The minimum Gasteiger partial charge on any atom is -0.478 e. The predicted octanol–water partition coefficient (Wildman–Crippen LogP) is 2.99. The first-order valence-corrected chi connectivity index (χ1v) is 6.13. The number of hydrogen-bond donors (Lipinski definition) is 1. The first-order chi connectivity index (χ1) is 8.00. The van der Waals surface area contributed by atoms with Crippen LogP contribution in [0, 0.1) is 6.92 Å². The van der Waals surface area contributed by atoms with Gasteiger partial charge in [0.1, 0.15) is 0 Å². The largest absolute Gasteiger partial charge is 0.478 e. The molecule has 3 nitrogen and oxygen atoms in total. The normalized spacial score (nSPS) is 10.7. The highest BCUT2D eigenvalue weighted by atomic mass is 32.2. The van der Waals surface area contributed by atoms with Gasteiger partial charge in [0.05, 0.1) is 5.56 Å². The van der Waals surface area contributed by atoms with Gasteiger partial charge in [-0.15, -0.1) is 0 Å². The number of aryl methyl sites for hydroxylation is 1. The van der Waals surface area contributed by atoms with Crippen LogP contribution in [0.1, 0.15) is 28.4 Å². The van der Waals surface area contributed by atoms with Crippen molar-refractivity contribution in [3.63, 3.8) is 0 Å². The van der Waals surface area contributed by atoms with Gasteiger partial charge in [0, 0.05) is 12.7 Å². The molecule has 0 fully saturated rings. The maximum atomic E-state index is 10.8. The van der Waals surface area contributed by atoms with Gasteiger partial charge in [0.15, 0.2) is 5.12 Å². The molecule has 1 aromatic carbocycles. The van der Waals surface area contributed by atoms with Crippen molar-refractivity contribution in [1.82, 2.24) is 0 Å². The minimum atomic E-state index is -0.912. The summed E-state index contributed by atoms with van der Waals surface area (Å²) in [5.41, 5.74) is 2.00. The number of carbonyl (C=O) groups is 2. The highest BCUT2D eigenvalue weighted by molar-refractivity contribution is 8.13. The van der Waals surface area contributed by atoms with E-state index in [1.54, 1.807) is 19.1 Å². The van der Waals surface area contributed by atoms with E-state index < -0.39 is 5.97 Å². The smallest absolute Gasteiger partial charge is 0.335 e. The van der Waals surface area contributed by atoms with Gasteiger partial charge in [-0.2, -0.15) is 0 Å². The summed E-state index contributed by atoms with van der Waals surface area (Å²) in [5.74, 6) is -0.278. The number of benzene rings is 1. The lowest BCUT2D eigenvalue weighted by Gasteiger charge is -2.01. The summed E-state index contributed by atoms with van der Waals surface area (Å²) in [4.78, 5) is 21.5. The maximum Gasteiger partial charge on any atom is 0.335 e. The van der Waals surface area contributed by atoms with Gasteiger partial charge in [-0.05, 0) is 24.1 Å². The van der Waals surface area contributed by atoms with Gasteiger partial charge in [0.2, 0.25) is 0 Å². The molecule has 0 heterocycles. The van der Waals surface area contributed by atoms with Crippen LogP contribution < -0.4 is 0 Å². The zero-order valence-electron chi connectivity index (χ0n) is 9.77. The Morgan fingerprint density at radius 1 is 1.41 bits per heavy atom. The highest BCUT2D eigenvalue weighted by Gasteiger charge is 2.05. The third-order valence-electron chi connectivity index (χ3n) is 2.17. The van der Waals surface area contributed by atoms with E-state index >= 15 is 0 Å². The summed E-state index contributed by atoms with van der Waals surface area (Å²) in [5, 5.41) is 8.96. The number of aromatic carboxylic acids is 1. The Morgan fingerprint density at radius 2 is 2.12 bits per heavy atom. The van der Waals surface area contributed by atoms with Gasteiger partial charge in [-0.25, -0.2) is 4.79 Å². The third kappa shape index (κ3) is 4.44. The molecule has 4 heteroatoms. The molecule has 17 heavy (non-hydrogen) atoms. The Bertz CT molecular complexity index is 464. The van der Waals surface area contributed by atoms with E-state index in [9.17, 15) is 9.59 Å². The molecule has 0 saturated heterocycles. The van der Waals surface area contributed by atoms with E-state index in [2.05, 4.69) is 0 Å². The van der Waals surface area contributed by atoms with Crippen LogP contribution in [0.4, 0.5) is 0 Å². The monoisotopic (exact) mass is 250 g/mol. The quantitative estimate of drug-likeness (QED) is 0.892. The molecule has 0 bridgehead atoms. The number of thioether (sulfide) groups is 1. The average Bonchev–Trinajstić information content (AvgIpc) is 2.23. The first kappa shape index (κ1) is 13.5. The maximum absolute atomic E-state index is 10.8. The molecule has 0 aliphatic carbocycles. The van der Waals surface area contributed by atoms with Crippen molar-refractivity contribution in [2.24, 2.45) is 0 Å². The molecule has 0 spiro atoms. The van der Waals surface area contributed by atoms with Crippen LogP contribution in [0.5, 0.6) is 0 Å². The Balaban J connectivity index is 2.70. The molecule has 0 aliphatic heterocycles. The molecule has 0 atom stereocenters. The van der Waals surface area contributed by atoms with E-state index in [1.807, 2.05) is 18.2 Å². The molecule has 1 aromatic rings. The topological polar surface area (TPSA) is 54.4 Å². The Labute approximate surface area is 105 Å². The second-order valence-electron chi connectivity index (χ2n) is 3.58. The van der Waals surface area contributed by atoms with Crippen molar-refractivity contribution in [3.8, 4) is 0 Å². The van der Waals surface area contributed by atoms with Crippen LogP contribution in [-0.4, -0.2) is 21.9 Å². The summed E-state index contributed by atoms with van der Waals surface area (Å²) >= 11 is 1.24. The van der Waals surface area contributed by atoms with Crippen LogP contribution in [-0.2, 0) is 4.79 Å². The molecule has 1 rings (SSSR count). The number of carboxylic acids is 1. The Kier molecular flexibility index (Phi) is 4.97. The molecule has 0 saturated carbocycles. The molecule has 90 valence electrons. The Hall–Kier alpha value is -1.55. The van der Waals surface area contributed by atoms with Crippen molar-refractivity contribution in [3.05, 3.63) is 41.0 Å². The van der Waals surface area contributed by atoms with E-state index in [-0.39, 0.29) is 5.12 Å². The number of carboxylic acid groups (broad SMARTS) is 1. The van der Waals surface area contributed by atoms with E-state index in [0.717, 1.165) is 11.1 Å². The first-order valence-electron chi connectivity index (χ1n) is 5.14. The van der Waals surface area contributed by atoms with Gasteiger partial charge in [0.25, 0.3) is 0 Å². The molecule has 1 N–H and O–H groups in total. The summed E-state index contributed by atoms with van der Waals surface area (Å²) in [6.07, 6.45) is 3.77. The molecule has 0 unspecified atom stereocenters. The van der Waals surface area contributed by atoms with Gasteiger partial charge >= 0.3 is 5.97 Å². The fourth-order valence-electron chi connectivity index (χ4n) is 1.38. The minimum absolute atomic E-state index is 0.0899. The summed E-state index contributed by atoms with van der Waals surface area (Å²) in [6, 6.07) is 5.17. The molecule has 0 amide bonds. The van der Waals surface area contributed by atoms with Crippen LogP contribution in [0.2, 0.25) is 0 Å². The lowest BCUT2D eigenvalue weighted by Crippen LogP contribution is -1.99. The standard InChI is InChI=1S/C13H14O3S/c1-9-8-11(4-3-7-17-10(2)14)5-6-12(9)13(15)16/h3-6,8H,7H2,1-2H3,(H,15,16). The summed E-state index contributed by atoms with van der Waals surface area (Å²) < 4.78 is 0. The fourth-order valence-corrected chi connectivity index (χ4v) is 1.81. The number of rotatable bonds is 4. The van der Waals surface area contributed by atoms with Crippen molar-refractivity contribution in [2.75, 3.05) is 5.75 Å². The SMILES string of the molecule is CC(=O)SCC=Cc1ccc(C(=O)O)c(C)c1. The summed E-state index contributed by atoms with van der Waals surface area (Å²) in [6.45, 7) is 3.30. The number of hydrogen-bond acceptors (Lipinski definition) is 3. The number of carbonyl (C=O) groups excluding carboxylic acids is 1. The van der Waals surface area contributed by atoms with Crippen LogP contribution >= 0.6 is 11.8 Å². The zero-order chi connectivity index (χ0) is 12.8. The average molecular weight is 250 g/mol. The van der Waals surface area contributed by atoms with Crippen LogP contribution in [0.15, 0.2) is 24.3 Å². The second-order valence-corrected chi connectivity index (χ2v) is 4.78. The molecule has 0 aliphatic rings. The predicted molar refractivity (Wildman–Crippen MR) is 70.3 cm³/mol. The van der Waals surface area contributed by atoms with E-state index in [4.69, 9.17) is 5.11 Å². The fraction of sp³-hybridized carbons (Fsp3) is 0.231. The zero-order valence-corrected chi connectivity index (χ0v) is 10.6. The van der Waals surface area contributed by atoms with Gasteiger partial charge in [-0.3, -0.25) is 4.79 Å². The van der Waals surface area contributed by atoms with Crippen molar-refractivity contribution >= 4 is 28.9 Å². The Morgan fingerprint density at radius 3 is 2.65 bits per heavy atom. The third-order valence-corrected chi connectivity index (χ3v) is 2.94. The summed E-state index contributed by atoms with van der Waals surface area (Å²) in [7, 11) is 0. The van der Waals surface area contributed by atoms with Crippen LogP contribution in [0.25, 0.3) is 6.08 Å². The van der Waals surface area contributed by atoms with E-state index in [1.165, 1.54) is 18.7 Å². The van der Waals surface area contributed by atoms with Crippen molar-refractivity contribution in [2.45, 2.75) is 13.8 Å². The lowest BCUT2D eigenvalue weighted by atomic mass is 10.1. The van der Waals surface area contributed by atoms with Crippen molar-refractivity contribution in [1.29, 1.82) is 0 Å².